The van der Waals surface area contributed by atoms with Crippen LogP contribution < -0.4 is 0 Å². The number of aromatic nitrogens is 4. The molecule has 0 fully saturated rings. The molecule has 6 aromatic carbocycles. The summed E-state index contributed by atoms with van der Waals surface area (Å²) in [5, 5.41) is 0. The van der Waals surface area contributed by atoms with Crippen LogP contribution in [0.25, 0.3) is 78.2 Å². The van der Waals surface area contributed by atoms with Gasteiger partial charge in [0.2, 0.25) is 0 Å². The molecular weight excluding hydrogens is 574 g/mol. The average Bonchev–Trinajstić information content (AvgIpc) is 3.11. The maximum atomic E-state index is 15.1. The highest BCUT2D eigenvalue weighted by Crippen LogP contribution is 2.36. The van der Waals surface area contributed by atoms with Crippen molar-refractivity contribution in [2.45, 2.75) is 0 Å². The van der Waals surface area contributed by atoms with E-state index in [1.165, 1.54) is 12.1 Å². The molecule has 0 amide bonds. The molecule has 0 N–H and O–H groups in total. The summed E-state index contributed by atoms with van der Waals surface area (Å²) >= 11 is 0. The Morgan fingerprint density at radius 2 is 0.674 bits per heavy atom. The summed E-state index contributed by atoms with van der Waals surface area (Å²) in [6.07, 6.45) is 0. The molecule has 0 saturated heterocycles. The molecule has 6 heteroatoms. The number of halogens is 2. The third-order valence-electron chi connectivity index (χ3n) is 8.01. The van der Waals surface area contributed by atoms with E-state index in [-0.39, 0.29) is 22.5 Å². The van der Waals surface area contributed by atoms with Gasteiger partial charge in [-0.2, -0.15) is 0 Å². The van der Waals surface area contributed by atoms with Crippen LogP contribution in [0.3, 0.4) is 0 Å². The first kappa shape index (κ1) is 27.4. The Balaban J connectivity index is 1.28. The van der Waals surface area contributed by atoms with Gasteiger partial charge in [-0.3, -0.25) is 0 Å². The van der Waals surface area contributed by atoms with Gasteiger partial charge in [0.1, 0.15) is 23.0 Å². The Hall–Kier alpha value is -6.14. The minimum atomic E-state index is -0.456. The Morgan fingerprint density at radius 3 is 1.13 bits per heavy atom. The zero-order valence-electron chi connectivity index (χ0n) is 24.4. The largest absolute Gasteiger partial charge is 0.244 e. The van der Waals surface area contributed by atoms with E-state index in [1.807, 2.05) is 97.1 Å². The summed E-state index contributed by atoms with van der Waals surface area (Å²) in [6.45, 7) is 0. The van der Waals surface area contributed by atoms with Crippen LogP contribution in [0.2, 0.25) is 0 Å². The number of nitrogens with zero attached hydrogens (tertiary/aromatic N) is 4. The highest BCUT2D eigenvalue weighted by atomic mass is 19.1. The Labute approximate surface area is 263 Å². The van der Waals surface area contributed by atoms with Crippen molar-refractivity contribution in [1.29, 1.82) is 0 Å². The number of fused-ring (bicyclic) bond motifs is 2. The standard InChI is InChI=1S/C40H24F2N4/c41-31-17-9-7-15-29(31)39-40(30-16-8-10-18-32(30)42)46-36-24-28(20-22-34(36)44-39)27-19-21-33-35(23-27)45-38(26-13-5-2-6-14-26)37(43-33)25-11-3-1-4-12-25/h1-24H. The molecule has 0 unspecified atom stereocenters. The van der Waals surface area contributed by atoms with Crippen molar-refractivity contribution in [3.05, 3.63) is 157 Å². The second kappa shape index (κ2) is 11.4. The van der Waals surface area contributed by atoms with Crippen molar-refractivity contribution in [2.75, 3.05) is 0 Å². The Kier molecular flexibility index (Phi) is 6.80. The van der Waals surface area contributed by atoms with Crippen LogP contribution in [0.4, 0.5) is 8.78 Å². The molecule has 0 aliphatic rings. The van der Waals surface area contributed by atoms with Crippen molar-refractivity contribution >= 4 is 22.1 Å². The lowest BCUT2D eigenvalue weighted by Crippen LogP contribution is -1.99. The molecule has 2 aromatic heterocycles. The van der Waals surface area contributed by atoms with Crippen molar-refractivity contribution in [2.24, 2.45) is 0 Å². The lowest BCUT2D eigenvalue weighted by atomic mass is 10.0. The molecule has 8 rings (SSSR count). The van der Waals surface area contributed by atoms with E-state index in [0.717, 1.165) is 44.7 Å². The number of benzene rings is 6. The average molecular weight is 599 g/mol. The van der Waals surface area contributed by atoms with E-state index in [0.29, 0.717) is 11.0 Å². The first-order valence-electron chi connectivity index (χ1n) is 14.9. The number of hydrogen-bond donors (Lipinski definition) is 0. The third-order valence-corrected chi connectivity index (χ3v) is 8.01. The molecule has 0 spiro atoms. The second-order valence-corrected chi connectivity index (χ2v) is 10.9. The van der Waals surface area contributed by atoms with Crippen LogP contribution >= 0.6 is 0 Å². The molecule has 0 saturated carbocycles. The fourth-order valence-electron chi connectivity index (χ4n) is 5.74. The topological polar surface area (TPSA) is 51.6 Å². The van der Waals surface area contributed by atoms with Gasteiger partial charge < -0.3 is 0 Å². The van der Waals surface area contributed by atoms with E-state index >= 15 is 4.39 Å². The van der Waals surface area contributed by atoms with E-state index in [1.54, 1.807) is 36.4 Å². The smallest absolute Gasteiger partial charge is 0.132 e. The van der Waals surface area contributed by atoms with Gasteiger partial charge in [0, 0.05) is 22.3 Å². The van der Waals surface area contributed by atoms with Gasteiger partial charge in [-0.15, -0.1) is 0 Å². The second-order valence-electron chi connectivity index (χ2n) is 10.9. The van der Waals surface area contributed by atoms with Gasteiger partial charge in [0.15, 0.2) is 0 Å². The highest BCUT2D eigenvalue weighted by molar-refractivity contribution is 5.92. The SMILES string of the molecule is Fc1ccccc1-c1nc2ccc(-c3ccc4nc(-c5ccccc5)c(-c5ccccc5)nc4c3)cc2nc1-c1ccccc1F. The Morgan fingerprint density at radius 1 is 0.304 bits per heavy atom. The van der Waals surface area contributed by atoms with Gasteiger partial charge in [0.05, 0.1) is 33.5 Å². The van der Waals surface area contributed by atoms with Crippen LogP contribution in [-0.2, 0) is 0 Å². The molecule has 0 radical (unpaired) electrons. The predicted octanol–water partition coefficient (Wildman–Crippen LogP) is 10.2. The van der Waals surface area contributed by atoms with E-state index in [4.69, 9.17) is 19.9 Å². The van der Waals surface area contributed by atoms with E-state index in [9.17, 15) is 4.39 Å². The summed E-state index contributed by atoms with van der Waals surface area (Å²) < 4.78 is 30.1. The summed E-state index contributed by atoms with van der Waals surface area (Å²) in [7, 11) is 0. The highest BCUT2D eigenvalue weighted by Gasteiger charge is 2.19. The van der Waals surface area contributed by atoms with Gasteiger partial charge in [-0.25, -0.2) is 28.7 Å². The third kappa shape index (κ3) is 4.96. The minimum Gasteiger partial charge on any atom is -0.244 e. The van der Waals surface area contributed by atoms with Gasteiger partial charge >= 0.3 is 0 Å². The van der Waals surface area contributed by atoms with Gasteiger partial charge in [0.25, 0.3) is 0 Å². The van der Waals surface area contributed by atoms with Crippen LogP contribution in [-0.4, -0.2) is 19.9 Å². The van der Waals surface area contributed by atoms with Crippen molar-refractivity contribution in [3.8, 4) is 56.2 Å². The van der Waals surface area contributed by atoms with Gasteiger partial charge in [-0.05, 0) is 59.7 Å². The maximum Gasteiger partial charge on any atom is 0.132 e. The van der Waals surface area contributed by atoms with Gasteiger partial charge in [-0.1, -0.05) is 97.1 Å². The number of hydrogen-bond acceptors (Lipinski definition) is 4. The monoisotopic (exact) mass is 598 g/mol. The molecule has 2 heterocycles. The first-order chi connectivity index (χ1) is 22.6. The van der Waals surface area contributed by atoms with Crippen molar-refractivity contribution in [3.63, 3.8) is 0 Å². The lowest BCUT2D eigenvalue weighted by molar-refractivity contribution is 0.628. The molecule has 0 aliphatic carbocycles. The fraction of sp³-hybridized carbons (Fsp3) is 0. The van der Waals surface area contributed by atoms with Crippen LogP contribution in [0.1, 0.15) is 0 Å². The molecule has 0 bridgehead atoms. The van der Waals surface area contributed by atoms with Crippen LogP contribution in [0.5, 0.6) is 0 Å². The molecule has 4 nitrogen and oxygen atoms in total. The lowest BCUT2D eigenvalue weighted by Gasteiger charge is -2.13. The first-order valence-corrected chi connectivity index (χ1v) is 14.9. The minimum absolute atomic E-state index is 0.254. The molecule has 0 atom stereocenters. The summed E-state index contributed by atoms with van der Waals surface area (Å²) in [6, 6.07) is 44.5. The van der Waals surface area contributed by atoms with Crippen molar-refractivity contribution < 1.29 is 8.78 Å². The summed E-state index contributed by atoms with van der Waals surface area (Å²) in [5.41, 5.74) is 9.14. The fourth-order valence-corrected chi connectivity index (χ4v) is 5.74. The zero-order chi connectivity index (χ0) is 31.0. The molecular formula is C40H24F2N4. The van der Waals surface area contributed by atoms with E-state index in [2.05, 4.69) is 0 Å². The molecule has 8 aromatic rings. The van der Waals surface area contributed by atoms with Crippen LogP contribution in [0, 0.1) is 11.6 Å². The summed E-state index contributed by atoms with van der Waals surface area (Å²) in [4.78, 5) is 19.8. The summed E-state index contributed by atoms with van der Waals surface area (Å²) in [5.74, 6) is -0.907. The zero-order valence-corrected chi connectivity index (χ0v) is 24.4. The quantitative estimate of drug-likeness (QED) is 0.198. The maximum absolute atomic E-state index is 15.1. The molecule has 218 valence electrons. The molecule has 46 heavy (non-hydrogen) atoms. The predicted molar refractivity (Wildman–Crippen MR) is 180 cm³/mol. The van der Waals surface area contributed by atoms with E-state index < -0.39 is 11.6 Å². The number of rotatable bonds is 5. The normalized spacial score (nSPS) is 11.3. The van der Waals surface area contributed by atoms with Crippen LogP contribution in [0.15, 0.2) is 146 Å². The molecule has 0 aliphatic heterocycles. The Bertz CT molecular complexity index is 2390. The van der Waals surface area contributed by atoms with Crippen molar-refractivity contribution in [1.82, 2.24) is 19.9 Å².